The lowest BCUT2D eigenvalue weighted by atomic mass is 10.1. The van der Waals surface area contributed by atoms with Crippen LogP contribution in [0.5, 0.6) is 0 Å². The van der Waals surface area contributed by atoms with Crippen molar-refractivity contribution < 1.29 is 9.59 Å². The number of carbonyl (C=O) groups excluding carboxylic acids is 2. The number of halogens is 1. The lowest BCUT2D eigenvalue weighted by Crippen LogP contribution is -2.50. The Morgan fingerprint density at radius 3 is 2.83 bits per heavy atom. The SMILES string of the molecule is C[C@H](C(=O)N1CC(=O)Nc2ccccc21)N(C)Cc1ccc(Cl)s1. The van der Waals surface area contributed by atoms with Gasteiger partial charge in [-0.25, -0.2) is 0 Å². The van der Waals surface area contributed by atoms with Crippen molar-refractivity contribution in [3.8, 4) is 0 Å². The fourth-order valence-electron chi connectivity index (χ4n) is 2.66. The number of carbonyl (C=O) groups is 2. The molecule has 0 unspecified atom stereocenters. The summed E-state index contributed by atoms with van der Waals surface area (Å²) in [6.45, 7) is 2.53. The van der Waals surface area contributed by atoms with Crippen LogP contribution in [0.15, 0.2) is 36.4 Å². The maximum Gasteiger partial charge on any atom is 0.244 e. The first-order valence-corrected chi connectivity index (χ1v) is 8.80. The number of nitrogens with one attached hydrogen (secondary N) is 1. The number of hydrogen-bond donors (Lipinski definition) is 1. The van der Waals surface area contributed by atoms with Crippen molar-refractivity contribution in [2.45, 2.75) is 19.5 Å². The van der Waals surface area contributed by atoms with Gasteiger partial charge < -0.3 is 5.32 Å². The Bertz CT molecular complexity index is 777. The fraction of sp³-hybridized carbons (Fsp3) is 0.294. The molecule has 1 aromatic carbocycles. The molecule has 0 bridgehead atoms. The molecule has 1 N–H and O–H groups in total. The topological polar surface area (TPSA) is 52.7 Å². The molecule has 2 amide bonds. The molecule has 2 aromatic rings. The molecule has 126 valence electrons. The quantitative estimate of drug-likeness (QED) is 0.907. The second kappa shape index (κ2) is 6.93. The highest BCUT2D eigenvalue weighted by Gasteiger charge is 2.31. The predicted octanol–water partition coefficient (Wildman–Crippen LogP) is 3.21. The molecule has 0 radical (unpaired) electrons. The van der Waals surface area contributed by atoms with E-state index in [9.17, 15) is 9.59 Å². The Hall–Kier alpha value is -1.89. The van der Waals surface area contributed by atoms with E-state index < -0.39 is 0 Å². The molecule has 0 spiro atoms. The summed E-state index contributed by atoms with van der Waals surface area (Å²) in [7, 11) is 1.89. The summed E-state index contributed by atoms with van der Waals surface area (Å²) in [6.07, 6.45) is 0. The minimum absolute atomic E-state index is 0.0405. The van der Waals surface area contributed by atoms with Gasteiger partial charge in [0.05, 0.1) is 21.8 Å². The van der Waals surface area contributed by atoms with Crippen molar-refractivity contribution >= 4 is 46.1 Å². The van der Waals surface area contributed by atoms with Gasteiger partial charge in [0.15, 0.2) is 0 Å². The lowest BCUT2D eigenvalue weighted by molar-refractivity contribution is -0.125. The van der Waals surface area contributed by atoms with Gasteiger partial charge in [-0.1, -0.05) is 23.7 Å². The Labute approximate surface area is 149 Å². The summed E-state index contributed by atoms with van der Waals surface area (Å²) in [5, 5.41) is 2.80. The first kappa shape index (κ1) is 17.0. The largest absolute Gasteiger partial charge is 0.323 e. The average Bonchev–Trinajstić information content (AvgIpc) is 2.97. The summed E-state index contributed by atoms with van der Waals surface area (Å²) >= 11 is 7.46. The Morgan fingerprint density at radius 2 is 2.12 bits per heavy atom. The number of anilines is 2. The van der Waals surface area contributed by atoms with Crippen molar-refractivity contribution in [3.63, 3.8) is 0 Å². The minimum Gasteiger partial charge on any atom is -0.323 e. The molecule has 2 heterocycles. The molecule has 1 aliphatic heterocycles. The Kier molecular flexibility index (Phi) is 4.89. The van der Waals surface area contributed by atoms with Gasteiger partial charge in [0.1, 0.15) is 6.54 Å². The van der Waals surface area contributed by atoms with Crippen molar-refractivity contribution in [2.24, 2.45) is 0 Å². The predicted molar refractivity (Wildman–Crippen MR) is 97.7 cm³/mol. The van der Waals surface area contributed by atoms with Crippen molar-refractivity contribution in [3.05, 3.63) is 45.6 Å². The van der Waals surface area contributed by atoms with E-state index in [0.29, 0.717) is 12.2 Å². The lowest BCUT2D eigenvalue weighted by Gasteiger charge is -2.33. The van der Waals surface area contributed by atoms with Crippen molar-refractivity contribution in [1.29, 1.82) is 0 Å². The Morgan fingerprint density at radius 1 is 1.38 bits per heavy atom. The second-order valence-corrected chi connectivity index (χ2v) is 7.59. The minimum atomic E-state index is -0.357. The van der Waals surface area contributed by atoms with Gasteiger partial charge >= 0.3 is 0 Å². The van der Waals surface area contributed by atoms with Crippen LogP contribution in [0.3, 0.4) is 0 Å². The van der Waals surface area contributed by atoms with E-state index in [4.69, 9.17) is 11.6 Å². The van der Waals surface area contributed by atoms with Gasteiger partial charge in [-0.05, 0) is 38.2 Å². The molecule has 7 heteroatoms. The number of likely N-dealkylation sites (N-methyl/N-ethyl adjacent to an activating group) is 1. The van der Waals surface area contributed by atoms with E-state index >= 15 is 0 Å². The highest BCUT2D eigenvalue weighted by Crippen LogP contribution is 2.30. The monoisotopic (exact) mass is 363 g/mol. The normalized spacial score (nSPS) is 15.2. The summed E-state index contributed by atoms with van der Waals surface area (Å²) in [4.78, 5) is 29.4. The van der Waals surface area contributed by atoms with Crippen LogP contribution in [0.4, 0.5) is 11.4 Å². The summed E-state index contributed by atoms with van der Waals surface area (Å²) in [5.41, 5.74) is 1.41. The number of nitrogens with zero attached hydrogens (tertiary/aromatic N) is 2. The zero-order valence-electron chi connectivity index (χ0n) is 13.5. The number of benzene rings is 1. The number of amides is 2. The number of hydrogen-bond acceptors (Lipinski definition) is 4. The van der Waals surface area contributed by atoms with Gasteiger partial charge in [-0.15, -0.1) is 11.3 Å². The molecular formula is C17H18ClN3O2S. The van der Waals surface area contributed by atoms with E-state index in [1.54, 1.807) is 11.0 Å². The summed E-state index contributed by atoms with van der Waals surface area (Å²) in [5.74, 6) is -0.274. The van der Waals surface area contributed by atoms with Crippen LogP contribution in [0.25, 0.3) is 0 Å². The first-order chi connectivity index (χ1) is 11.5. The molecule has 1 aliphatic rings. The molecule has 0 aliphatic carbocycles. The van der Waals surface area contributed by atoms with Crippen LogP contribution in [-0.4, -0.2) is 36.3 Å². The average molecular weight is 364 g/mol. The molecule has 0 saturated carbocycles. The van der Waals surface area contributed by atoms with Gasteiger partial charge in [0.25, 0.3) is 0 Å². The maximum atomic E-state index is 12.9. The fourth-order valence-corrected chi connectivity index (χ4v) is 3.81. The van der Waals surface area contributed by atoms with Crippen LogP contribution >= 0.6 is 22.9 Å². The van der Waals surface area contributed by atoms with Crippen LogP contribution in [0.1, 0.15) is 11.8 Å². The number of thiophene rings is 1. The number of fused-ring (bicyclic) bond motifs is 1. The van der Waals surface area contributed by atoms with Crippen LogP contribution in [-0.2, 0) is 16.1 Å². The van der Waals surface area contributed by atoms with Crippen molar-refractivity contribution in [1.82, 2.24) is 4.90 Å². The smallest absolute Gasteiger partial charge is 0.244 e. The Balaban J connectivity index is 1.77. The maximum absolute atomic E-state index is 12.9. The van der Waals surface area contributed by atoms with Gasteiger partial charge in [-0.2, -0.15) is 0 Å². The van der Waals surface area contributed by atoms with Gasteiger partial charge in [0, 0.05) is 11.4 Å². The molecule has 1 aromatic heterocycles. The second-order valence-electron chi connectivity index (χ2n) is 5.79. The number of para-hydroxylation sites is 2. The molecule has 3 rings (SSSR count). The van der Waals surface area contributed by atoms with E-state index in [2.05, 4.69) is 5.32 Å². The third kappa shape index (κ3) is 3.45. The van der Waals surface area contributed by atoms with Crippen LogP contribution in [0, 0.1) is 0 Å². The molecule has 0 fully saturated rings. The first-order valence-electron chi connectivity index (χ1n) is 7.60. The molecule has 24 heavy (non-hydrogen) atoms. The van der Waals surface area contributed by atoms with Crippen molar-refractivity contribution in [2.75, 3.05) is 23.8 Å². The van der Waals surface area contributed by atoms with E-state index in [1.807, 2.05) is 49.2 Å². The van der Waals surface area contributed by atoms with E-state index in [1.165, 1.54) is 11.3 Å². The molecule has 0 saturated heterocycles. The highest BCUT2D eigenvalue weighted by molar-refractivity contribution is 7.16. The highest BCUT2D eigenvalue weighted by atomic mass is 35.5. The van der Waals surface area contributed by atoms with E-state index in [-0.39, 0.29) is 24.4 Å². The molecule has 5 nitrogen and oxygen atoms in total. The van der Waals surface area contributed by atoms with E-state index in [0.717, 1.165) is 14.9 Å². The zero-order chi connectivity index (χ0) is 17.3. The molecular weight excluding hydrogens is 346 g/mol. The number of rotatable bonds is 4. The zero-order valence-corrected chi connectivity index (χ0v) is 15.0. The third-order valence-electron chi connectivity index (χ3n) is 4.09. The summed E-state index contributed by atoms with van der Waals surface area (Å²) in [6, 6.07) is 10.8. The summed E-state index contributed by atoms with van der Waals surface area (Å²) < 4.78 is 0.735. The third-order valence-corrected chi connectivity index (χ3v) is 5.31. The van der Waals surface area contributed by atoms with Gasteiger partial charge in [-0.3, -0.25) is 19.4 Å². The van der Waals surface area contributed by atoms with Gasteiger partial charge in [0.2, 0.25) is 11.8 Å². The standard InChI is InChI=1S/C17H18ClN3O2S/c1-11(20(2)9-12-7-8-15(18)24-12)17(23)21-10-16(22)19-13-5-3-4-6-14(13)21/h3-8,11H,9-10H2,1-2H3,(H,19,22)/t11-/m1/s1. The molecule has 1 atom stereocenters. The van der Waals surface area contributed by atoms with Crippen LogP contribution < -0.4 is 10.2 Å². The van der Waals surface area contributed by atoms with Crippen LogP contribution in [0.2, 0.25) is 4.34 Å².